The largest absolute Gasteiger partial charge is 0.394 e. The van der Waals surface area contributed by atoms with Crippen molar-refractivity contribution < 1.29 is 52.9 Å². The Labute approximate surface area is 366 Å². The van der Waals surface area contributed by atoms with E-state index in [1.807, 2.05) is 121 Å². The van der Waals surface area contributed by atoms with E-state index in [2.05, 4.69) is 12.2 Å². The molecule has 12 heteroatoms. The molecule has 0 aliphatic carbocycles. The summed E-state index contributed by atoms with van der Waals surface area (Å²) in [5.74, 6) is -0.381. The smallest absolute Gasteiger partial charge is 0.217 e. The number of hydrogen-bond donors (Lipinski definition) is 3. The number of nitrogens with one attached hydrogen (secondary N) is 1. The molecule has 3 N–H and O–H groups in total. The molecule has 2 aliphatic heterocycles. The van der Waals surface area contributed by atoms with Crippen LogP contribution in [0.4, 0.5) is 0 Å². The second kappa shape index (κ2) is 25.9. The number of carbonyl (C=O) groups excluding carboxylic acids is 1. The molecule has 0 spiro atoms. The highest BCUT2D eigenvalue weighted by Gasteiger charge is 2.53. The molecule has 0 bridgehead atoms. The van der Waals surface area contributed by atoms with Crippen LogP contribution in [0.5, 0.6) is 0 Å². The van der Waals surface area contributed by atoms with Crippen molar-refractivity contribution in [3.8, 4) is 0 Å². The highest BCUT2D eigenvalue weighted by atomic mass is 16.7. The van der Waals surface area contributed by atoms with Crippen molar-refractivity contribution in [2.45, 2.75) is 140 Å². The van der Waals surface area contributed by atoms with E-state index in [4.69, 9.17) is 37.9 Å². The van der Waals surface area contributed by atoms with Gasteiger partial charge in [0.2, 0.25) is 5.91 Å². The van der Waals surface area contributed by atoms with Crippen LogP contribution in [-0.4, -0.2) is 97.3 Å². The molecule has 0 unspecified atom stereocenters. The molecular formula is C50H65NO11. The highest BCUT2D eigenvalue weighted by Crippen LogP contribution is 2.35. The minimum absolute atomic E-state index is 0.0981. The molecule has 10 atom stereocenters. The summed E-state index contributed by atoms with van der Waals surface area (Å²) in [7, 11) is 0. The summed E-state index contributed by atoms with van der Waals surface area (Å²) in [6, 6.07) is 38.3. The van der Waals surface area contributed by atoms with Gasteiger partial charge in [0.1, 0.15) is 48.8 Å². The van der Waals surface area contributed by atoms with Crippen LogP contribution in [0.1, 0.15) is 74.6 Å². The van der Waals surface area contributed by atoms with Crippen molar-refractivity contribution in [2.24, 2.45) is 0 Å². The molecular weight excluding hydrogens is 791 g/mol. The third kappa shape index (κ3) is 14.5. The standard InChI is InChI=1S/C50H65NO11/c1-3-4-5-6-7-20-29-56-49-43(51-36(2)53)44(54)45(41(30-52)60-49)62-50-48(59-34-40-27-18-11-19-28-40)47(58-33-39-25-16-10-17-26-39)46(57-32-38-23-14-9-15-24-38)42(61-50)35-55-31-37-21-12-8-13-22-37/h8-19,21-28,41-50,52,54H,3-7,20,29-35H2,1-2H3,(H,51,53)/t41-,42-,43-,44-,45+,46+,47+,48-,49+,50+/m1/s1. The molecule has 0 aromatic heterocycles. The Kier molecular flexibility index (Phi) is 19.8. The lowest BCUT2D eigenvalue weighted by Crippen LogP contribution is -2.68. The van der Waals surface area contributed by atoms with Crippen LogP contribution in [0, 0.1) is 0 Å². The summed E-state index contributed by atoms with van der Waals surface area (Å²) in [4.78, 5) is 12.6. The molecule has 336 valence electrons. The van der Waals surface area contributed by atoms with Gasteiger partial charge in [-0.05, 0) is 28.7 Å². The number of aliphatic hydroxyl groups is 2. The topological polar surface area (TPSA) is 143 Å². The summed E-state index contributed by atoms with van der Waals surface area (Å²) in [6.45, 7) is 4.48. The molecule has 1 amide bonds. The number of amides is 1. The van der Waals surface area contributed by atoms with Crippen molar-refractivity contribution in [3.63, 3.8) is 0 Å². The zero-order valence-corrected chi connectivity index (χ0v) is 36.1. The van der Waals surface area contributed by atoms with Gasteiger partial charge in [-0.3, -0.25) is 4.79 Å². The second-order valence-electron chi connectivity index (χ2n) is 16.0. The monoisotopic (exact) mass is 855 g/mol. The van der Waals surface area contributed by atoms with Gasteiger partial charge < -0.3 is 53.4 Å². The first-order valence-corrected chi connectivity index (χ1v) is 22.2. The zero-order valence-electron chi connectivity index (χ0n) is 36.1. The van der Waals surface area contributed by atoms with Gasteiger partial charge in [-0.25, -0.2) is 0 Å². The Morgan fingerprint density at radius 1 is 0.581 bits per heavy atom. The first-order chi connectivity index (χ1) is 30.4. The quantitative estimate of drug-likeness (QED) is 0.0592. The number of hydrogen-bond acceptors (Lipinski definition) is 11. The van der Waals surface area contributed by atoms with E-state index >= 15 is 0 Å². The molecule has 6 rings (SSSR count). The lowest BCUT2D eigenvalue weighted by atomic mass is 9.95. The molecule has 4 aromatic carbocycles. The van der Waals surface area contributed by atoms with Crippen LogP contribution < -0.4 is 5.32 Å². The van der Waals surface area contributed by atoms with E-state index in [0.29, 0.717) is 13.2 Å². The van der Waals surface area contributed by atoms with Gasteiger partial charge in [0.05, 0.1) is 39.6 Å². The maximum Gasteiger partial charge on any atom is 0.217 e. The van der Waals surface area contributed by atoms with Crippen molar-refractivity contribution in [3.05, 3.63) is 144 Å². The van der Waals surface area contributed by atoms with Crippen molar-refractivity contribution in [1.29, 1.82) is 0 Å². The fourth-order valence-corrected chi connectivity index (χ4v) is 7.86. The predicted octanol–water partition coefficient (Wildman–Crippen LogP) is 7.03. The van der Waals surface area contributed by atoms with Crippen LogP contribution in [0.2, 0.25) is 0 Å². The minimum atomic E-state index is -1.37. The van der Waals surface area contributed by atoms with Crippen LogP contribution in [0.3, 0.4) is 0 Å². The third-order valence-electron chi connectivity index (χ3n) is 11.1. The summed E-state index contributed by atoms with van der Waals surface area (Å²) in [5, 5.41) is 25.7. The van der Waals surface area contributed by atoms with E-state index in [9.17, 15) is 15.0 Å². The van der Waals surface area contributed by atoms with E-state index in [-0.39, 0.29) is 32.3 Å². The van der Waals surface area contributed by atoms with Gasteiger partial charge in [0.25, 0.3) is 0 Å². The van der Waals surface area contributed by atoms with E-state index in [1.54, 1.807) is 0 Å². The SMILES string of the molecule is CCCCCCCCO[C@H]1O[C@H](CO)[C@H](O[C@@H]2O[C@H](COCc3ccccc3)[C@H](OCc3ccccc3)[C@H](OCc3ccccc3)[C@H]2OCc2ccccc2)[C@H](O)[C@H]1NC(C)=O. The number of benzene rings is 4. The Morgan fingerprint density at radius 2 is 1.06 bits per heavy atom. The van der Waals surface area contributed by atoms with Crippen molar-refractivity contribution in [2.75, 3.05) is 19.8 Å². The van der Waals surface area contributed by atoms with Gasteiger partial charge in [0.15, 0.2) is 12.6 Å². The van der Waals surface area contributed by atoms with Gasteiger partial charge in [-0.2, -0.15) is 0 Å². The molecule has 0 radical (unpaired) electrons. The van der Waals surface area contributed by atoms with Crippen molar-refractivity contribution in [1.82, 2.24) is 5.32 Å². The zero-order chi connectivity index (χ0) is 43.4. The van der Waals surface area contributed by atoms with E-state index in [0.717, 1.165) is 54.4 Å². The van der Waals surface area contributed by atoms with Crippen LogP contribution >= 0.6 is 0 Å². The number of aliphatic hydroxyl groups excluding tert-OH is 2. The third-order valence-corrected chi connectivity index (χ3v) is 11.1. The molecule has 12 nitrogen and oxygen atoms in total. The molecule has 0 saturated carbocycles. The Hall–Kier alpha value is -4.05. The summed E-state index contributed by atoms with van der Waals surface area (Å²) in [6.07, 6.45) is -2.66. The van der Waals surface area contributed by atoms with Gasteiger partial charge in [0, 0.05) is 13.5 Å². The first kappa shape index (κ1) is 47.4. The minimum Gasteiger partial charge on any atom is -0.394 e. The molecule has 2 heterocycles. The second-order valence-corrected chi connectivity index (χ2v) is 16.0. The van der Waals surface area contributed by atoms with E-state index in [1.165, 1.54) is 13.3 Å². The maximum atomic E-state index is 12.6. The number of ether oxygens (including phenoxy) is 8. The normalized spacial score (nSPS) is 26.3. The predicted molar refractivity (Wildman–Crippen MR) is 233 cm³/mol. The Bertz CT molecular complexity index is 1810. The number of carbonyl (C=O) groups is 1. The maximum absolute atomic E-state index is 12.6. The first-order valence-electron chi connectivity index (χ1n) is 22.2. The lowest BCUT2D eigenvalue weighted by Gasteiger charge is -2.49. The number of unbranched alkanes of at least 4 members (excludes halogenated alkanes) is 5. The van der Waals surface area contributed by atoms with Crippen molar-refractivity contribution >= 4 is 5.91 Å². The summed E-state index contributed by atoms with van der Waals surface area (Å²) < 4.78 is 52.9. The van der Waals surface area contributed by atoms with E-state index < -0.39 is 68.0 Å². The Morgan fingerprint density at radius 3 is 1.60 bits per heavy atom. The average molecular weight is 856 g/mol. The van der Waals surface area contributed by atoms with Gasteiger partial charge in [-0.15, -0.1) is 0 Å². The lowest BCUT2D eigenvalue weighted by molar-refractivity contribution is -0.362. The summed E-state index contributed by atoms with van der Waals surface area (Å²) >= 11 is 0. The van der Waals surface area contributed by atoms with Crippen LogP contribution in [0.25, 0.3) is 0 Å². The fraction of sp³-hybridized carbons (Fsp3) is 0.500. The average Bonchev–Trinajstić information content (AvgIpc) is 3.30. The van der Waals surface area contributed by atoms with Gasteiger partial charge in [-0.1, -0.05) is 160 Å². The van der Waals surface area contributed by atoms with Crippen LogP contribution in [-0.2, 0) is 69.1 Å². The molecule has 2 aliphatic rings. The van der Waals surface area contributed by atoms with Crippen LogP contribution in [0.15, 0.2) is 121 Å². The van der Waals surface area contributed by atoms with Gasteiger partial charge >= 0.3 is 0 Å². The molecule has 2 fully saturated rings. The summed E-state index contributed by atoms with van der Waals surface area (Å²) in [5.41, 5.74) is 3.81. The highest BCUT2D eigenvalue weighted by molar-refractivity contribution is 5.73. The Balaban J connectivity index is 1.31. The molecule has 62 heavy (non-hydrogen) atoms. The number of rotatable bonds is 25. The molecule has 2 saturated heterocycles. The fourth-order valence-electron chi connectivity index (χ4n) is 7.86. The molecule has 4 aromatic rings.